The molecule has 0 aromatic rings. The van der Waals surface area contributed by atoms with Crippen molar-refractivity contribution in [2.45, 2.75) is 192 Å². The van der Waals surface area contributed by atoms with Crippen LogP contribution < -0.4 is 5.43 Å². The fourth-order valence-electron chi connectivity index (χ4n) is 6.30. The van der Waals surface area contributed by atoms with Gasteiger partial charge in [0.25, 0.3) is 0 Å². The van der Waals surface area contributed by atoms with Crippen LogP contribution in [0.1, 0.15) is 186 Å². The molecule has 0 unspecified atom stereocenters. The van der Waals surface area contributed by atoms with E-state index in [0.29, 0.717) is 0 Å². The molecule has 1 aliphatic carbocycles. The van der Waals surface area contributed by atoms with Crippen LogP contribution in [0.3, 0.4) is 0 Å². The Labute approximate surface area is 215 Å². The second-order valence-corrected chi connectivity index (χ2v) is 11.9. The van der Waals surface area contributed by atoms with Crippen molar-refractivity contribution >= 4 is 0 Å². The van der Waals surface area contributed by atoms with Crippen molar-refractivity contribution in [3.8, 4) is 0 Å². The van der Waals surface area contributed by atoms with Gasteiger partial charge in [0.15, 0.2) is 0 Å². The number of nitrogens with zero attached hydrogens (tertiary/aromatic N) is 1. The van der Waals surface area contributed by atoms with Gasteiger partial charge in [0.1, 0.15) is 0 Å². The third kappa shape index (κ3) is 17.4. The molecule has 1 saturated carbocycles. The summed E-state index contributed by atoms with van der Waals surface area (Å²) >= 11 is 0. The summed E-state index contributed by atoms with van der Waals surface area (Å²) in [5.41, 5.74) is 3.98. The normalized spacial score (nSPS) is 25.8. The van der Waals surface area contributed by atoms with Crippen molar-refractivity contribution in [3.05, 3.63) is 0 Å². The Balaban J connectivity index is 1.83. The molecule has 0 bridgehead atoms. The summed E-state index contributed by atoms with van der Waals surface area (Å²) in [6, 6.07) is 0.776. The standard InChI is InChI=1S/C32H64N2/c1-2-5-9-13-17-21-25-29-32(28-24-20-16-12-8-4-1)34-31-27-23-19-15-11-7-3-6-10-14-18-22-26-30-33-34/h32-33H,1-31H2. The minimum absolute atomic E-state index is 0.776. The smallest absolute Gasteiger partial charge is 0.0243 e. The van der Waals surface area contributed by atoms with E-state index in [0.717, 1.165) is 6.04 Å². The third-order valence-corrected chi connectivity index (χ3v) is 8.66. The highest BCUT2D eigenvalue weighted by molar-refractivity contribution is 4.71. The highest BCUT2D eigenvalue weighted by Gasteiger charge is 2.17. The van der Waals surface area contributed by atoms with E-state index in [1.165, 1.54) is 199 Å². The van der Waals surface area contributed by atoms with E-state index in [4.69, 9.17) is 0 Å². The van der Waals surface area contributed by atoms with Crippen LogP contribution in [-0.2, 0) is 0 Å². The average Bonchev–Trinajstić information content (AvgIpc) is 2.85. The zero-order valence-electron chi connectivity index (χ0n) is 23.4. The van der Waals surface area contributed by atoms with Gasteiger partial charge >= 0.3 is 0 Å². The zero-order chi connectivity index (χ0) is 23.8. The molecule has 0 spiro atoms. The summed E-state index contributed by atoms with van der Waals surface area (Å²) in [5, 5.41) is 2.76. The SMILES string of the molecule is C1CCCCCCCCC(N2CCCCCCCCCCCCCCCN2)CCCCCCC1. The molecule has 0 amide bonds. The van der Waals surface area contributed by atoms with Crippen molar-refractivity contribution < 1.29 is 0 Å². The lowest BCUT2D eigenvalue weighted by atomic mass is 9.99. The van der Waals surface area contributed by atoms with E-state index < -0.39 is 0 Å². The summed E-state index contributed by atoms with van der Waals surface area (Å²) in [5.74, 6) is 0. The fraction of sp³-hybridized carbons (Fsp3) is 1.00. The topological polar surface area (TPSA) is 15.3 Å². The molecule has 1 saturated heterocycles. The average molecular weight is 477 g/mol. The van der Waals surface area contributed by atoms with Gasteiger partial charge in [-0.05, 0) is 25.7 Å². The molecule has 2 fully saturated rings. The van der Waals surface area contributed by atoms with Crippen molar-refractivity contribution in [1.29, 1.82) is 0 Å². The van der Waals surface area contributed by atoms with Crippen LogP contribution in [0.4, 0.5) is 0 Å². The maximum Gasteiger partial charge on any atom is 0.0243 e. The largest absolute Gasteiger partial charge is 0.255 e. The fourth-order valence-corrected chi connectivity index (χ4v) is 6.30. The Hall–Kier alpha value is -0.0800. The Morgan fingerprint density at radius 3 is 1.00 bits per heavy atom. The molecule has 0 radical (unpaired) electrons. The first kappa shape index (κ1) is 30.1. The molecule has 2 nitrogen and oxygen atoms in total. The first-order chi connectivity index (χ1) is 17.0. The van der Waals surface area contributed by atoms with Crippen molar-refractivity contribution in [2.24, 2.45) is 0 Å². The van der Waals surface area contributed by atoms with Gasteiger partial charge in [-0.25, -0.2) is 5.01 Å². The Morgan fingerprint density at radius 1 is 0.324 bits per heavy atom. The molecule has 0 aromatic heterocycles. The maximum atomic E-state index is 3.98. The van der Waals surface area contributed by atoms with E-state index in [1.807, 2.05) is 0 Å². The van der Waals surface area contributed by atoms with Crippen LogP contribution in [-0.4, -0.2) is 24.1 Å². The number of nitrogens with one attached hydrogen (secondary N) is 1. The van der Waals surface area contributed by atoms with Gasteiger partial charge in [0, 0.05) is 19.1 Å². The minimum atomic E-state index is 0.776. The molecule has 2 heteroatoms. The minimum Gasteiger partial charge on any atom is -0.255 e. The van der Waals surface area contributed by atoms with Crippen molar-refractivity contribution in [2.75, 3.05) is 13.1 Å². The van der Waals surface area contributed by atoms with Crippen molar-refractivity contribution in [3.63, 3.8) is 0 Å². The quantitative estimate of drug-likeness (QED) is 0.405. The molecular weight excluding hydrogens is 412 g/mol. The van der Waals surface area contributed by atoms with Gasteiger partial charge in [-0.2, -0.15) is 0 Å². The summed E-state index contributed by atoms with van der Waals surface area (Å²) < 4.78 is 0. The van der Waals surface area contributed by atoms with Crippen LogP contribution >= 0.6 is 0 Å². The Kier molecular flexibility index (Phi) is 20.7. The van der Waals surface area contributed by atoms with Crippen LogP contribution in [0.2, 0.25) is 0 Å². The van der Waals surface area contributed by atoms with Gasteiger partial charge in [-0.15, -0.1) is 0 Å². The molecule has 0 atom stereocenters. The monoisotopic (exact) mass is 477 g/mol. The van der Waals surface area contributed by atoms with Crippen LogP contribution in [0.5, 0.6) is 0 Å². The second-order valence-electron chi connectivity index (χ2n) is 11.9. The first-order valence-electron chi connectivity index (χ1n) is 16.5. The predicted octanol–water partition coefficient (Wildman–Crippen LogP) is 10.5. The molecule has 0 aromatic carbocycles. The van der Waals surface area contributed by atoms with E-state index >= 15 is 0 Å². The molecule has 1 aliphatic heterocycles. The van der Waals surface area contributed by atoms with E-state index in [9.17, 15) is 0 Å². The predicted molar refractivity (Wildman–Crippen MR) is 152 cm³/mol. The lowest BCUT2D eigenvalue weighted by Crippen LogP contribution is -2.46. The lowest BCUT2D eigenvalue weighted by Gasteiger charge is -2.33. The zero-order valence-corrected chi connectivity index (χ0v) is 23.4. The number of hydrogen-bond donors (Lipinski definition) is 1. The van der Waals surface area contributed by atoms with Gasteiger partial charge in [-0.1, -0.05) is 161 Å². The summed E-state index contributed by atoms with van der Waals surface area (Å²) in [6.45, 7) is 2.49. The van der Waals surface area contributed by atoms with E-state index in [1.54, 1.807) is 0 Å². The van der Waals surface area contributed by atoms with E-state index in [2.05, 4.69) is 10.4 Å². The number of rotatable bonds is 1. The van der Waals surface area contributed by atoms with Gasteiger partial charge in [-0.3, -0.25) is 5.43 Å². The molecule has 2 aliphatic rings. The second kappa shape index (κ2) is 23.3. The molecule has 2 rings (SSSR count). The maximum absolute atomic E-state index is 3.98. The van der Waals surface area contributed by atoms with Crippen LogP contribution in [0.25, 0.3) is 0 Å². The molecule has 1 heterocycles. The summed E-state index contributed by atoms with van der Waals surface area (Å²) in [6.07, 6.45) is 42.3. The first-order valence-corrected chi connectivity index (χ1v) is 16.5. The van der Waals surface area contributed by atoms with Crippen molar-refractivity contribution in [1.82, 2.24) is 10.4 Å². The van der Waals surface area contributed by atoms with Gasteiger partial charge < -0.3 is 0 Å². The highest BCUT2D eigenvalue weighted by Crippen LogP contribution is 2.21. The Bertz CT molecular complexity index is 336. The van der Waals surface area contributed by atoms with E-state index in [-0.39, 0.29) is 0 Å². The number of hydrazine groups is 1. The number of hydrogen-bond acceptors (Lipinski definition) is 2. The Morgan fingerprint density at radius 2 is 0.618 bits per heavy atom. The van der Waals surface area contributed by atoms with Crippen LogP contribution in [0, 0.1) is 0 Å². The lowest BCUT2D eigenvalue weighted by molar-refractivity contribution is 0.102. The molecule has 1 N–H and O–H groups in total. The van der Waals surface area contributed by atoms with Gasteiger partial charge in [0.05, 0.1) is 0 Å². The van der Waals surface area contributed by atoms with Crippen LogP contribution in [0.15, 0.2) is 0 Å². The molecule has 34 heavy (non-hydrogen) atoms. The highest BCUT2D eigenvalue weighted by atomic mass is 15.5. The molecular formula is C32H64N2. The van der Waals surface area contributed by atoms with Gasteiger partial charge in [0.2, 0.25) is 0 Å². The summed E-state index contributed by atoms with van der Waals surface area (Å²) in [7, 11) is 0. The molecule has 202 valence electrons. The summed E-state index contributed by atoms with van der Waals surface area (Å²) in [4.78, 5) is 0. The third-order valence-electron chi connectivity index (χ3n) is 8.66.